The van der Waals surface area contributed by atoms with Gasteiger partial charge < -0.3 is 4.74 Å². The summed E-state index contributed by atoms with van der Waals surface area (Å²) in [6.45, 7) is 4.09. The molecule has 0 aliphatic heterocycles. The lowest BCUT2D eigenvalue weighted by atomic mass is 10.1. The molecule has 29 heavy (non-hydrogen) atoms. The second-order valence-corrected chi connectivity index (χ2v) is 7.93. The zero-order chi connectivity index (χ0) is 20.4. The fourth-order valence-corrected chi connectivity index (χ4v) is 4.28. The molecule has 0 aliphatic rings. The van der Waals surface area contributed by atoms with Crippen molar-refractivity contribution in [3.63, 3.8) is 0 Å². The molecule has 0 aliphatic carbocycles. The fourth-order valence-electron chi connectivity index (χ4n) is 3.29. The molecule has 0 saturated carbocycles. The maximum atomic E-state index is 13.3. The third-order valence-electron chi connectivity index (χ3n) is 4.83. The number of rotatable bonds is 5. The fraction of sp³-hybridized carbons (Fsp3) is 0.167. The molecule has 0 saturated heterocycles. The summed E-state index contributed by atoms with van der Waals surface area (Å²) in [5, 5.41) is 1.28. The first-order chi connectivity index (χ1) is 14.1. The van der Waals surface area contributed by atoms with Crippen molar-refractivity contribution >= 4 is 22.7 Å². The van der Waals surface area contributed by atoms with E-state index in [-0.39, 0.29) is 5.56 Å². The standard InChI is InChI=1S/C24H22N2O2S/c1-16-8-11-19(12-9-16)26-23(27)20-6-4-5-7-21(20)25-24(26)29-15-18-14-17(2)10-13-22(18)28-3/h4-14H,15H2,1-3H3. The first-order valence-corrected chi connectivity index (χ1v) is 10.4. The molecule has 146 valence electrons. The van der Waals surface area contributed by atoms with E-state index in [1.807, 2.05) is 67.6 Å². The van der Waals surface area contributed by atoms with Crippen molar-refractivity contribution in [1.82, 2.24) is 9.55 Å². The molecule has 5 heteroatoms. The summed E-state index contributed by atoms with van der Waals surface area (Å²) < 4.78 is 7.21. The van der Waals surface area contributed by atoms with E-state index >= 15 is 0 Å². The highest BCUT2D eigenvalue weighted by Gasteiger charge is 2.14. The van der Waals surface area contributed by atoms with Crippen LogP contribution in [0, 0.1) is 13.8 Å². The van der Waals surface area contributed by atoms with Crippen LogP contribution in [0.5, 0.6) is 5.75 Å². The van der Waals surface area contributed by atoms with E-state index in [0.717, 1.165) is 22.6 Å². The summed E-state index contributed by atoms with van der Waals surface area (Å²) in [6, 6.07) is 21.6. The number of ether oxygens (including phenoxy) is 1. The smallest absolute Gasteiger partial charge is 0.266 e. The molecule has 0 N–H and O–H groups in total. The van der Waals surface area contributed by atoms with Gasteiger partial charge in [-0.05, 0) is 44.2 Å². The quantitative estimate of drug-likeness (QED) is 0.335. The Hall–Kier alpha value is -3.05. The van der Waals surface area contributed by atoms with E-state index < -0.39 is 0 Å². The minimum Gasteiger partial charge on any atom is -0.496 e. The van der Waals surface area contributed by atoms with Crippen LogP contribution in [-0.2, 0) is 5.75 Å². The Kier molecular flexibility index (Phi) is 5.41. The third-order valence-corrected chi connectivity index (χ3v) is 5.82. The van der Waals surface area contributed by atoms with Gasteiger partial charge in [-0.1, -0.05) is 59.3 Å². The van der Waals surface area contributed by atoms with Crippen LogP contribution in [0.15, 0.2) is 76.7 Å². The number of hydrogen-bond acceptors (Lipinski definition) is 4. The topological polar surface area (TPSA) is 44.1 Å². The normalized spacial score (nSPS) is 11.0. The van der Waals surface area contributed by atoms with Crippen LogP contribution in [0.3, 0.4) is 0 Å². The van der Waals surface area contributed by atoms with Gasteiger partial charge in [-0.3, -0.25) is 9.36 Å². The van der Waals surface area contributed by atoms with Gasteiger partial charge in [0.15, 0.2) is 5.16 Å². The van der Waals surface area contributed by atoms with Crippen molar-refractivity contribution in [3.8, 4) is 11.4 Å². The van der Waals surface area contributed by atoms with Crippen LogP contribution in [0.1, 0.15) is 16.7 Å². The Morgan fingerprint density at radius 1 is 0.966 bits per heavy atom. The van der Waals surface area contributed by atoms with Gasteiger partial charge in [-0.15, -0.1) is 0 Å². The molecule has 4 aromatic rings. The van der Waals surface area contributed by atoms with Gasteiger partial charge in [-0.25, -0.2) is 4.98 Å². The average molecular weight is 403 g/mol. The molecule has 0 bridgehead atoms. The number of nitrogens with zero attached hydrogens (tertiary/aromatic N) is 2. The summed E-state index contributed by atoms with van der Waals surface area (Å²) in [5.74, 6) is 1.50. The van der Waals surface area contributed by atoms with Crippen LogP contribution in [0.2, 0.25) is 0 Å². The highest BCUT2D eigenvalue weighted by molar-refractivity contribution is 7.98. The van der Waals surface area contributed by atoms with Crippen molar-refractivity contribution in [3.05, 3.63) is 93.8 Å². The molecule has 0 atom stereocenters. The van der Waals surface area contributed by atoms with E-state index in [1.54, 1.807) is 11.7 Å². The molecular weight excluding hydrogens is 380 g/mol. The highest BCUT2D eigenvalue weighted by atomic mass is 32.2. The minimum absolute atomic E-state index is 0.0573. The van der Waals surface area contributed by atoms with Crippen LogP contribution in [-0.4, -0.2) is 16.7 Å². The summed E-state index contributed by atoms with van der Waals surface area (Å²) in [5.41, 5.74) is 4.86. The Labute approximate surface area is 174 Å². The lowest BCUT2D eigenvalue weighted by molar-refractivity contribution is 0.411. The Balaban J connectivity index is 1.83. The molecule has 0 fully saturated rings. The largest absolute Gasteiger partial charge is 0.496 e. The van der Waals surface area contributed by atoms with E-state index in [1.165, 1.54) is 17.3 Å². The van der Waals surface area contributed by atoms with Gasteiger partial charge in [0.05, 0.1) is 23.7 Å². The van der Waals surface area contributed by atoms with E-state index in [9.17, 15) is 4.79 Å². The van der Waals surface area contributed by atoms with Crippen molar-refractivity contribution in [1.29, 1.82) is 0 Å². The van der Waals surface area contributed by atoms with E-state index in [0.29, 0.717) is 21.8 Å². The first kappa shape index (κ1) is 19.3. The SMILES string of the molecule is COc1ccc(C)cc1CSc1nc2ccccc2c(=O)n1-c1ccc(C)cc1. The molecule has 3 aromatic carbocycles. The molecule has 0 radical (unpaired) electrons. The second kappa shape index (κ2) is 8.13. The minimum atomic E-state index is -0.0573. The lowest BCUT2D eigenvalue weighted by Gasteiger charge is -2.14. The zero-order valence-electron chi connectivity index (χ0n) is 16.7. The molecule has 4 rings (SSSR count). The summed E-state index contributed by atoms with van der Waals surface area (Å²) in [6.07, 6.45) is 0. The number of fused-ring (bicyclic) bond motifs is 1. The van der Waals surface area contributed by atoms with Gasteiger partial charge >= 0.3 is 0 Å². The molecule has 1 heterocycles. The number of aryl methyl sites for hydroxylation is 2. The van der Waals surface area contributed by atoms with Gasteiger partial charge in [0.1, 0.15) is 5.75 Å². The van der Waals surface area contributed by atoms with Crippen LogP contribution in [0.4, 0.5) is 0 Å². The van der Waals surface area contributed by atoms with Crippen molar-refractivity contribution in [2.24, 2.45) is 0 Å². The molecule has 0 spiro atoms. The van der Waals surface area contributed by atoms with Crippen molar-refractivity contribution in [2.75, 3.05) is 7.11 Å². The Morgan fingerprint density at radius 2 is 1.69 bits per heavy atom. The molecule has 4 nitrogen and oxygen atoms in total. The van der Waals surface area contributed by atoms with Crippen LogP contribution >= 0.6 is 11.8 Å². The highest BCUT2D eigenvalue weighted by Crippen LogP contribution is 2.29. The van der Waals surface area contributed by atoms with Crippen LogP contribution < -0.4 is 10.3 Å². The lowest BCUT2D eigenvalue weighted by Crippen LogP contribution is -2.21. The average Bonchev–Trinajstić information content (AvgIpc) is 2.73. The van der Waals surface area contributed by atoms with Gasteiger partial charge in [-0.2, -0.15) is 0 Å². The Bertz CT molecular complexity index is 1230. The van der Waals surface area contributed by atoms with Gasteiger partial charge in [0, 0.05) is 11.3 Å². The summed E-state index contributed by atoms with van der Waals surface area (Å²) in [4.78, 5) is 18.1. The maximum Gasteiger partial charge on any atom is 0.266 e. The van der Waals surface area contributed by atoms with Gasteiger partial charge in [0.2, 0.25) is 0 Å². The number of benzene rings is 3. The number of thioether (sulfide) groups is 1. The van der Waals surface area contributed by atoms with E-state index in [2.05, 4.69) is 13.0 Å². The second-order valence-electron chi connectivity index (χ2n) is 6.99. The number of hydrogen-bond donors (Lipinski definition) is 0. The van der Waals surface area contributed by atoms with Crippen molar-refractivity contribution in [2.45, 2.75) is 24.8 Å². The molecule has 1 aromatic heterocycles. The monoisotopic (exact) mass is 402 g/mol. The predicted octanol–water partition coefficient (Wildman–Crippen LogP) is 5.30. The summed E-state index contributed by atoms with van der Waals surface area (Å²) in [7, 11) is 1.68. The zero-order valence-corrected chi connectivity index (χ0v) is 17.5. The van der Waals surface area contributed by atoms with Crippen molar-refractivity contribution < 1.29 is 4.74 Å². The maximum absolute atomic E-state index is 13.3. The van der Waals surface area contributed by atoms with E-state index in [4.69, 9.17) is 9.72 Å². The van der Waals surface area contributed by atoms with Gasteiger partial charge in [0.25, 0.3) is 5.56 Å². The Morgan fingerprint density at radius 3 is 2.45 bits per heavy atom. The predicted molar refractivity (Wildman–Crippen MR) is 119 cm³/mol. The summed E-state index contributed by atoms with van der Waals surface area (Å²) >= 11 is 1.54. The first-order valence-electron chi connectivity index (χ1n) is 9.42. The molecular formula is C24H22N2O2S. The molecule has 0 unspecified atom stereocenters. The molecule has 0 amide bonds. The third kappa shape index (κ3) is 3.91. The number of aromatic nitrogens is 2. The van der Waals surface area contributed by atoms with Crippen LogP contribution in [0.25, 0.3) is 16.6 Å². The number of para-hydroxylation sites is 1. The number of methoxy groups -OCH3 is 1.